The van der Waals surface area contributed by atoms with Gasteiger partial charge in [-0.2, -0.15) is 0 Å². The first kappa shape index (κ1) is 7.48. The molecule has 2 N–H and O–H groups in total. The third kappa shape index (κ3) is 3.66. The Morgan fingerprint density at radius 3 is 2.88 bits per heavy atom. The van der Waals surface area contributed by atoms with Crippen molar-refractivity contribution in [1.82, 2.24) is 5.32 Å². The topological polar surface area (TPSA) is 32.3 Å². The molecule has 0 aliphatic heterocycles. The lowest BCUT2D eigenvalue weighted by molar-refractivity contribution is 0.139. The molecule has 0 bridgehead atoms. The van der Waals surface area contributed by atoms with Gasteiger partial charge in [0.15, 0.2) is 0 Å². The second kappa shape index (κ2) is 4.63. The van der Waals surface area contributed by atoms with Crippen LogP contribution in [-0.2, 0) is 0 Å². The second-order valence-corrected chi connectivity index (χ2v) is 1.55. The fourth-order valence-electron chi connectivity index (χ4n) is 0.364. The van der Waals surface area contributed by atoms with Crippen LogP contribution in [0.25, 0.3) is 0 Å². The standard InChI is InChI=1S/C6H11NO/c1-3-4-5-6(8)7-2/h1,6-8H,4-5H2,2H3. The monoisotopic (exact) mass is 113 g/mol. The minimum absolute atomic E-state index is 0.439. The lowest BCUT2D eigenvalue weighted by Crippen LogP contribution is -2.23. The maximum atomic E-state index is 8.78. The first-order valence-electron chi connectivity index (χ1n) is 2.60. The molecule has 0 fully saturated rings. The lowest BCUT2D eigenvalue weighted by atomic mass is 10.3. The molecule has 46 valence electrons. The van der Waals surface area contributed by atoms with Crippen molar-refractivity contribution in [3.05, 3.63) is 0 Å². The fraction of sp³-hybridized carbons (Fsp3) is 0.667. The van der Waals surface area contributed by atoms with Gasteiger partial charge in [0.25, 0.3) is 0 Å². The number of aliphatic hydroxyl groups is 1. The summed E-state index contributed by atoms with van der Waals surface area (Å²) in [6.07, 6.45) is 5.76. The van der Waals surface area contributed by atoms with Crippen LogP contribution < -0.4 is 5.32 Å². The van der Waals surface area contributed by atoms with Gasteiger partial charge in [-0.3, -0.25) is 5.32 Å². The molecule has 0 saturated heterocycles. The summed E-state index contributed by atoms with van der Waals surface area (Å²) in [6, 6.07) is 0. The van der Waals surface area contributed by atoms with Crippen molar-refractivity contribution in [2.24, 2.45) is 0 Å². The van der Waals surface area contributed by atoms with Gasteiger partial charge < -0.3 is 5.11 Å². The van der Waals surface area contributed by atoms with Crippen LogP contribution in [-0.4, -0.2) is 18.4 Å². The summed E-state index contributed by atoms with van der Waals surface area (Å²) in [5.41, 5.74) is 0. The number of hydrogen-bond acceptors (Lipinski definition) is 2. The van der Waals surface area contributed by atoms with Gasteiger partial charge >= 0.3 is 0 Å². The number of hydrogen-bond donors (Lipinski definition) is 2. The summed E-state index contributed by atoms with van der Waals surface area (Å²) < 4.78 is 0. The van der Waals surface area contributed by atoms with Crippen molar-refractivity contribution >= 4 is 0 Å². The summed E-state index contributed by atoms with van der Waals surface area (Å²) in [5.74, 6) is 2.43. The van der Waals surface area contributed by atoms with Crippen molar-refractivity contribution in [2.75, 3.05) is 7.05 Å². The van der Waals surface area contributed by atoms with E-state index >= 15 is 0 Å². The van der Waals surface area contributed by atoms with E-state index in [1.807, 2.05) is 0 Å². The molecule has 0 aromatic heterocycles. The molecule has 1 atom stereocenters. The van der Waals surface area contributed by atoms with E-state index < -0.39 is 6.23 Å². The minimum atomic E-state index is -0.439. The van der Waals surface area contributed by atoms with E-state index in [0.717, 1.165) is 0 Å². The van der Waals surface area contributed by atoms with Crippen molar-refractivity contribution in [2.45, 2.75) is 19.1 Å². The van der Waals surface area contributed by atoms with Gasteiger partial charge in [0.2, 0.25) is 0 Å². The van der Waals surface area contributed by atoms with Gasteiger partial charge in [-0.05, 0) is 13.5 Å². The number of nitrogens with one attached hydrogen (secondary N) is 1. The first-order valence-corrected chi connectivity index (χ1v) is 2.60. The zero-order chi connectivity index (χ0) is 6.41. The molecule has 0 aliphatic rings. The van der Waals surface area contributed by atoms with Crippen molar-refractivity contribution < 1.29 is 5.11 Å². The van der Waals surface area contributed by atoms with Crippen molar-refractivity contribution in [3.63, 3.8) is 0 Å². The van der Waals surface area contributed by atoms with Crippen LogP contribution in [0.4, 0.5) is 0 Å². The SMILES string of the molecule is C#CCCC(O)NC. The van der Waals surface area contributed by atoms with Gasteiger partial charge in [0.1, 0.15) is 6.23 Å². The van der Waals surface area contributed by atoms with Crippen LogP contribution in [0.15, 0.2) is 0 Å². The first-order chi connectivity index (χ1) is 3.81. The number of aliphatic hydroxyl groups excluding tert-OH is 1. The third-order valence-electron chi connectivity index (χ3n) is 0.895. The second-order valence-electron chi connectivity index (χ2n) is 1.55. The Labute approximate surface area is 49.9 Å². The molecule has 0 aliphatic carbocycles. The highest BCUT2D eigenvalue weighted by molar-refractivity contribution is 4.83. The molecule has 0 radical (unpaired) electrons. The maximum absolute atomic E-state index is 8.78. The van der Waals surface area contributed by atoms with E-state index in [1.165, 1.54) is 0 Å². The zero-order valence-electron chi connectivity index (χ0n) is 5.02. The van der Waals surface area contributed by atoms with Crippen LogP contribution in [0.3, 0.4) is 0 Å². The molecule has 1 unspecified atom stereocenters. The van der Waals surface area contributed by atoms with Crippen molar-refractivity contribution in [3.8, 4) is 12.3 Å². The average molecular weight is 113 g/mol. The Morgan fingerprint density at radius 2 is 2.50 bits per heavy atom. The van der Waals surface area contributed by atoms with Crippen LogP contribution in [0, 0.1) is 12.3 Å². The van der Waals surface area contributed by atoms with Crippen LogP contribution in [0.1, 0.15) is 12.8 Å². The Balaban J connectivity index is 3.01. The smallest absolute Gasteiger partial charge is 0.105 e. The quantitative estimate of drug-likeness (QED) is 0.397. The maximum Gasteiger partial charge on any atom is 0.105 e. The molecule has 0 rings (SSSR count). The predicted molar refractivity (Wildman–Crippen MR) is 33.1 cm³/mol. The molecule has 2 nitrogen and oxygen atoms in total. The Morgan fingerprint density at radius 1 is 1.88 bits per heavy atom. The van der Waals surface area contributed by atoms with E-state index in [1.54, 1.807) is 7.05 Å². The van der Waals surface area contributed by atoms with Gasteiger partial charge in [-0.25, -0.2) is 0 Å². The molecular weight excluding hydrogens is 102 g/mol. The molecular formula is C6H11NO. The molecule has 0 spiro atoms. The van der Waals surface area contributed by atoms with E-state index in [9.17, 15) is 0 Å². The Bertz CT molecular complexity index is 85.0. The van der Waals surface area contributed by atoms with Crippen LogP contribution in [0.2, 0.25) is 0 Å². The van der Waals surface area contributed by atoms with E-state index in [-0.39, 0.29) is 0 Å². The van der Waals surface area contributed by atoms with Crippen LogP contribution in [0.5, 0.6) is 0 Å². The minimum Gasteiger partial charge on any atom is -0.379 e. The normalized spacial score (nSPS) is 12.6. The summed E-state index contributed by atoms with van der Waals surface area (Å²) in [6.45, 7) is 0. The van der Waals surface area contributed by atoms with E-state index in [0.29, 0.717) is 12.8 Å². The molecule has 0 heterocycles. The van der Waals surface area contributed by atoms with Gasteiger partial charge in [0, 0.05) is 6.42 Å². The van der Waals surface area contributed by atoms with Crippen molar-refractivity contribution in [1.29, 1.82) is 0 Å². The largest absolute Gasteiger partial charge is 0.379 e. The highest BCUT2D eigenvalue weighted by Crippen LogP contribution is 1.88. The Hall–Kier alpha value is -0.520. The van der Waals surface area contributed by atoms with Gasteiger partial charge in [0.05, 0.1) is 0 Å². The van der Waals surface area contributed by atoms with E-state index in [4.69, 9.17) is 11.5 Å². The van der Waals surface area contributed by atoms with E-state index in [2.05, 4.69) is 11.2 Å². The molecule has 0 aromatic rings. The highest BCUT2D eigenvalue weighted by atomic mass is 16.3. The summed E-state index contributed by atoms with van der Waals surface area (Å²) in [5, 5.41) is 11.4. The lowest BCUT2D eigenvalue weighted by Gasteiger charge is -2.04. The van der Waals surface area contributed by atoms with Crippen LogP contribution >= 0.6 is 0 Å². The number of rotatable bonds is 3. The molecule has 8 heavy (non-hydrogen) atoms. The number of terminal acetylenes is 1. The Kier molecular flexibility index (Phi) is 4.33. The molecule has 0 amide bonds. The molecule has 0 saturated carbocycles. The summed E-state index contributed by atoms with van der Waals surface area (Å²) >= 11 is 0. The van der Waals surface area contributed by atoms with Gasteiger partial charge in [-0.1, -0.05) is 0 Å². The average Bonchev–Trinajstić information content (AvgIpc) is 1.83. The predicted octanol–water partition coefficient (Wildman–Crippen LogP) is -0.0624. The molecule has 0 aromatic carbocycles. The highest BCUT2D eigenvalue weighted by Gasteiger charge is 1.94. The molecule has 2 heteroatoms. The van der Waals surface area contributed by atoms with Gasteiger partial charge in [-0.15, -0.1) is 12.3 Å². The fourth-order valence-corrected chi connectivity index (χ4v) is 0.364. The zero-order valence-corrected chi connectivity index (χ0v) is 5.02. The summed E-state index contributed by atoms with van der Waals surface area (Å²) in [7, 11) is 1.70. The summed E-state index contributed by atoms with van der Waals surface area (Å²) in [4.78, 5) is 0. The third-order valence-corrected chi connectivity index (χ3v) is 0.895.